The summed E-state index contributed by atoms with van der Waals surface area (Å²) >= 11 is 0. The van der Waals surface area contributed by atoms with E-state index in [-0.39, 0.29) is 5.60 Å². The number of nitrogens with zero attached hydrogens (tertiary/aromatic N) is 1. The molecule has 0 bridgehead atoms. The normalized spacial score (nSPS) is 30.8. The fourth-order valence-corrected chi connectivity index (χ4v) is 3.03. The maximum atomic E-state index is 6.24. The summed E-state index contributed by atoms with van der Waals surface area (Å²) in [4.78, 5) is 2.56. The molecule has 1 atom stereocenters. The molecule has 0 aliphatic carbocycles. The Hall–Kier alpha value is -0.120. The van der Waals surface area contributed by atoms with Gasteiger partial charge in [0.15, 0.2) is 0 Å². The number of morpholine rings is 2. The molecule has 1 unspecified atom stereocenters. The van der Waals surface area contributed by atoms with Crippen LogP contribution in [0.2, 0.25) is 0 Å². The van der Waals surface area contributed by atoms with Crippen molar-refractivity contribution in [3.63, 3.8) is 0 Å². The minimum atomic E-state index is 0.0356. The molecule has 0 radical (unpaired) electrons. The Morgan fingerprint density at radius 2 is 1.81 bits per heavy atom. The maximum absolute atomic E-state index is 6.24. The molecule has 0 saturated carbocycles. The first kappa shape index (κ1) is 12.3. The Morgan fingerprint density at radius 1 is 1.12 bits per heavy atom. The van der Waals surface area contributed by atoms with Crippen LogP contribution in [0.15, 0.2) is 0 Å². The zero-order valence-electron chi connectivity index (χ0n) is 11.0. The summed E-state index contributed by atoms with van der Waals surface area (Å²) in [5.41, 5.74) is 0.0356. The highest BCUT2D eigenvalue weighted by molar-refractivity contribution is 4.96. The predicted molar refractivity (Wildman–Crippen MR) is 64.5 cm³/mol. The molecule has 0 spiro atoms. The summed E-state index contributed by atoms with van der Waals surface area (Å²) in [6.45, 7) is 13.8. The van der Waals surface area contributed by atoms with Crippen LogP contribution in [0.5, 0.6) is 0 Å². The van der Waals surface area contributed by atoms with Crippen LogP contribution in [0.4, 0.5) is 0 Å². The lowest BCUT2D eigenvalue weighted by Gasteiger charge is -2.52. The highest BCUT2D eigenvalue weighted by Crippen LogP contribution is 2.35. The maximum Gasteiger partial charge on any atom is 0.0855 e. The number of ether oxygens (including phenoxy) is 2. The van der Waals surface area contributed by atoms with Gasteiger partial charge in [0.2, 0.25) is 0 Å². The van der Waals surface area contributed by atoms with Gasteiger partial charge in [0.05, 0.1) is 31.5 Å². The highest BCUT2D eigenvalue weighted by Gasteiger charge is 2.45. The van der Waals surface area contributed by atoms with Gasteiger partial charge in [0.1, 0.15) is 0 Å². The van der Waals surface area contributed by atoms with Gasteiger partial charge in [-0.3, -0.25) is 4.90 Å². The van der Waals surface area contributed by atoms with Crippen molar-refractivity contribution in [1.29, 1.82) is 0 Å². The highest BCUT2D eigenvalue weighted by atomic mass is 16.5. The SMILES string of the molecule is CC(C)C1(C(C)C)CN2CCOCC2CO1. The van der Waals surface area contributed by atoms with E-state index in [2.05, 4.69) is 32.6 Å². The molecule has 2 aliphatic rings. The first-order valence-corrected chi connectivity index (χ1v) is 6.52. The van der Waals surface area contributed by atoms with Gasteiger partial charge in [-0.25, -0.2) is 0 Å². The molecule has 16 heavy (non-hydrogen) atoms. The van der Waals surface area contributed by atoms with E-state index in [4.69, 9.17) is 9.47 Å². The molecular weight excluding hydrogens is 202 g/mol. The first-order valence-electron chi connectivity index (χ1n) is 6.52. The van der Waals surface area contributed by atoms with Gasteiger partial charge in [-0.15, -0.1) is 0 Å². The van der Waals surface area contributed by atoms with E-state index in [1.54, 1.807) is 0 Å². The van der Waals surface area contributed by atoms with E-state index < -0.39 is 0 Å². The molecule has 2 heterocycles. The Kier molecular flexibility index (Phi) is 3.57. The van der Waals surface area contributed by atoms with E-state index >= 15 is 0 Å². The summed E-state index contributed by atoms with van der Waals surface area (Å²) in [7, 11) is 0. The molecule has 2 rings (SSSR count). The first-order chi connectivity index (χ1) is 7.56. The fraction of sp³-hybridized carbons (Fsp3) is 1.00. The molecule has 2 aliphatic heterocycles. The van der Waals surface area contributed by atoms with Crippen molar-refractivity contribution in [3.8, 4) is 0 Å². The number of hydrogen-bond acceptors (Lipinski definition) is 3. The molecule has 3 heteroatoms. The van der Waals surface area contributed by atoms with E-state index in [0.29, 0.717) is 17.9 Å². The summed E-state index contributed by atoms with van der Waals surface area (Å²) in [6.07, 6.45) is 0. The van der Waals surface area contributed by atoms with Crippen molar-refractivity contribution in [1.82, 2.24) is 4.90 Å². The molecule has 0 aromatic carbocycles. The standard InChI is InChI=1S/C13H25NO2/c1-10(2)13(11(3)4)9-14-5-6-15-7-12(14)8-16-13/h10-12H,5-9H2,1-4H3. The second-order valence-electron chi connectivity index (χ2n) is 5.77. The topological polar surface area (TPSA) is 21.7 Å². The van der Waals surface area contributed by atoms with Crippen molar-refractivity contribution in [2.75, 3.05) is 32.9 Å². The van der Waals surface area contributed by atoms with Gasteiger partial charge in [-0.05, 0) is 11.8 Å². The summed E-state index contributed by atoms with van der Waals surface area (Å²) < 4.78 is 11.7. The Morgan fingerprint density at radius 3 is 2.44 bits per heavy atom. The molecule has 2 saturated heterocycles. The van der Waals surface area contributed by atoms with Crippen LogP contribution in [-0.2, 0) is 9.47 Å². The van der Waals surface area contributed by atoms with Crippen LogP contribution >= 0.6 is 0 Å². The van der Waals surface area contributed by atoms with Crippen molar-refractivity contribution in [2.24, 2.45) is 11.8 Å². The van der Waals surface area contributed by atoms with E-state index in [0.717, 1.165) is 32.9 Å². The second kappa shape index (κ2) is 4.63. The summed E-state index contributed by atoms with van der Waals surface area (Å²) in [6, 6.07) is 0.486. The fourth-order valence-electron chi connectivity index (χ4n) is 3.03. The third-order valence-corrected chi connectivity index (χ3v) is 4.30. The van der Waals surface area contributed by atoms with Gasteiger partial charge in [-0.2, -0.15) is 0 Å². The van der Waals surface area contributed by atoms with Crippen LogP contribution in [0.3, 0.4) is 0 Å². The smallest absolute Gasteiger partial charge is 0.0855 e. The molecule has 2 fully saturated rings. The number of rotatable bonds is 2. The molecule has 0 N–H and O–H groups in total. The lowest BCUT2D eigenvalue weighted by molar-refractivity contribution is -0.200. The lowest BCUT2D eigenvalue weighted by Crippen LogP contribution is -2.64. The minimum absolute atomic E-state index is 0.0356. The second-order valence-corrected chi connectivity index (χ2v) is 5.77. The minimum Gasteiger partial charge on any atom is -0.378 e. The largest absolute Gasteiger partial charge is 0.378 e. The zero-order chi connectivity index (χ0) is 11.8. The average molecular weight is 227 g/mol. The van der Waals surface area contributed by atoms with E-state index in [1.165, 1.54) is 0 Å². The lowest BCUT2D eigenvalue weighted by atomic mass is 9.78. The summed E-state index contributed by atoms with van der Waals surface area (Å²) in [5.74, 6) is 1.13. The Balaban J connectivity index is 2.12. The zero-order valence-corrected chi connectivity index (χ0v) is 11.0. The van der Waals surface area contributed by atoms with Gasteiger partial charge >= 0.3 is 0 Å². The average Bonchev–Trinajstić information content (AvgIpc) is 2.27. The summed E-state index contributed by atoms with van der Waals surface area (Å²) in [5, 5.41) is 0. The van der Waals surface area contributed by atoms with Gasteiger partial charge in [-0.1, -0.05) is 27.7 Å². The van der Waals surface area contributed by atoms with Crippen molar-refractivity contribution in [2.45, 2.75) is 39.3 Å². The Bertz CT molecular complexity index is 232. The van der Waals surface area contributed by atoms with Crippen LogP contribution < -0.4 is 0 Å². The van der Waals surface area contributed by atoms with Crippen molar-refractivity contribution < 1.29 is 9.47 Å². The number of fused-ring (bicyclic) bond motifs is 1. The third kappa shape index (κ3) is 2.01. The monoisotopic (exact) mass is 227 g/mol. The van der Waals surface area contributed by atoms with Crippen molar-refractivity contribution >= 4 is 0 Å². The van der Waals surface area contributed by atoms with E-state index in [1.807, 2.05) is 0 Å². The molecule has 0 amide bonds. The van der Waals surface area contributed by atoms with Gasteiger partial charge in [0.25, 0.3) is 0 Å². The molecule has 3 nitrogen and oxygen atoms in total. The predicted octanol–water partition coefficient (Wildman–Crippen LogP) is 1.77. The molecule has 0 aromatic rings. The molecule has 94 valence electrons. The third-order valence-electron chi connectivity index (χ3n) is 4.30. The van der Waals surface area contributed by atoms with E-state index in [9.17, 15) is 0 Å². The van der Waals surface area contributed by atoms with Crippen molar-refractivity contribution in [3.05, 3.63) is 0 Å². The van der Waals surface area contributed by atoms with Gasteiger partial charge < -0.3 is 9.47 Å². The van der Waals surface area contributed by atoms with Crippen LogP contribution in [0, 0.1) is 11.8 Å². The van der Waals surface area contributed by atoms with Gasteiger partial charge in [0, 0.05) is 13.1 Å². The van der Waals surface area contributed by atoms with Crippen LogP contribution in [0.25, 0.3) is 0 Å². The Labute approximate surface area is 99.1 Å². The molecule has 0 aromatic heterocycles. The van der Waals surface area contributed by atoms with Crippen LogP contribution in [0.1, 0.15) is 27.7 Å². The number of hydrogen-bond donors (Lipinski definition) is 0. The van der Waals surface area contributed by atoms with Crippen LogP contribution in [-0.4, -0.2) is 49.5 Å². The molecular formula is C13H25NO2. The quantitative estimate of drug-likeness (QED) is 0.717.